The summed E-state index contributed by atoms with van der Waals surface area (Å²) in [6.07, 6.45) is 3.60. The van der Waals surface area contributed by atoms with Gasteiger partial charge in [0.15, 0.2) is 11.9 Å². The number of nitrogens with one attached hydrogen (secondary N) is 1. The summed E-state index contributed by atoms with van der Waals surface area (Å²) in [6.45, 7) is 1.64. The lowest BCUT2D eigenvalue weighted by atomic mass is 10.2. The van der Waals surface area contributed by atoms with Gasteiger partial charge in [-0.1, -0.05) is 12.1 Å². The highest BCUT2D eigenvalue weighted by atomic mass is 16.5. The summed E-state index contributed by atoms with van der Waals surface area (Å²) < 4.78 is 10.3. The van der Waals surface area contributed by atoms with Gasteiger partial charge in [0.25, 0.3) is 5.56 Å². The summed E-state index contributed by atoms with van der Waals surface area (Å²) in [5.41, 5.74) is 0.292. The van der Waals surface area contributed by atoms with E-state index in [0.717, 1.165) is 0 Å². The zero-order valence-electron chi connectivity index (χ0n) is 12.4. The molecule has 0 radical (unpaired) electrons. The topological polar surface area (TPSA) is 85.2 Å². The molecule has 1 atom stereocenters. The average molecular weight is 310 g/mol. The van der Waals surface area contributed by atoms with Crippen LogP contribution in [-0.4, -0.2) is 15.9 Å². The van der Waals surface area contributed by atoms with Crippen molar-refractivity contribution in [1.82, 2.24) is 9.97 Å². The number of carbonyl (C=O) groups excluding carboxylic acids is 1. The molecule has 3 rings (SSSR count). The summed E-state index contributed by atoms with van der Waals surface area (Å²) in [6, 6.07) is 10.4. The molecule has 0 fully saturated rings. The predicted octanol–water partition coefficient (Wildman–Crippen LogP) is 2.83. The number of carbonyl (C=O) groups is 1. The van der Waals surface area contributed by atoms with Crippen molar-refractivity contribution < 1.29 is 13.9 Å². The Kier molecular flexibility index (Phi) is 4.05. The highest BCUT2D eigenvalue weighted by molar-refractivity contribution is 5.86. The van der Waals surface area contributed by atoms with Crippen LogP contribution in [0, 0.1) is 0 Å². The number of esters is 1. The maximum absolute atomic E-state index is 12.0. The fourth-order valence-corrected chi connectivity index (χ4v) is 2.10. The Morgan fingerprint density at radius 2 is 2.13 bits per heavy atom. The van der Waals surface area contributed by atoms with Crippen molar-refractivity contribution in [2.75, 3.05) is 0 Å². The molecule has 6 nitrogen and oxygen atoms in total. The second-order valence-electron chi connectivity index (χ2n) is 4.90. The molecule has 0 aliphatic rings. The Bertz CT molecular complexity index is 910. The number of fused-ring (bicyclic) bond motifs is 1. The molecule has 23 heavy (non-hydrogen) atoms. The summed E-state index contributed by atoms with van der Waals surface area (Å²) in [5, 5.41) is 0.493. The van der Waals surface area contributed by atoms with Crippen molar-refractivity contribution in [2.24, 2.45) is 0 Å². The largest absolute Gasteiger partial charge is 0.465 e. The molecule has 6 heteroatoms. The van der Waals surface area contributed by atoms with Gasteiger partial charge in [-0.25, -0.2) is 9.78 Å². The molecule has 2 aromatic heterocycles. The first kappa shape index (κ1) is 14.8. The van der Waals surface area contributed by atoms with Crippen LogP contribution in [0.3, 0.4) is 0 Å². The Hall–Kier alpha value is -3.15. The quantitative estimate of drug-likeness (QED) is 0.591. The third kappa shape index (κ3) is 3.37. The van der Waals surface area contributed by atoms with Crippen LogP contribution in [0.4, 0.5) is 0 Å². The van der Waals surface area contributed by atoms with Crippen LogP contribution in [-0.2, 0) is 9.53 Å². The Morgan fingerprint density at radius 3 is 2.91 bits per heavy atom. The second kappa shape index (κ2) is 6.31. The molecule has 116 valence electrons. The van der Waals surface area contributed by atoms with Gasteiger partial charge >= 0.3 is 5.97 Å². The zero-order chi connectivity index (χ0) is 16.2. The lowest BCUT2D eigenvalue weighted by Gasteiger charge is -2.11. The van der Waals surface area contributed by atoms with Crippen molar-refractivity contribution in [1.29, 1.82) is 0 Å². The first-order chi connectivity index (χ1) is 11.1. The predicted molar refractivity (Wildman–Crippen MR) is 84.6 cm³/mol. The van der Waals surface area contributed by atoms with Crippen molar-refractivity contribution in [2.45, 2.75) is 13.0 Å². The number of para-hydroxylation sites is 1. The van der Waals surface area contributed by atoms with Gasteiger partial charge in [0.2, 0.25) is 0 Å². The molecule has 0 amide bonds. The van der Waals surface area contributed by atoms with E-state index >= 15 is 0 Å². The SMILES string of the molecule is C[C@@H](OC(=O)/C=C/c1ccco1)c1nc2ccccc2c(=O)[nH]1. The van der Waals surface area contributed by atoms with Crippen LogP contribution in [0.15, 0.2) is 57.9 Å². The van der Waals surface area contributed by atoms with Crippen LogP contribution in [0.25, 0.3) is 17.0 Å². The molecule has 0 saturated heterocycles. The first-order valence-corrected chi connectivity index (χ1v) is 7.04. The molecule has 2 heterocycles. The van der Waals surface area contributed by atoms with Crippen molar-refractivity contribution in [3.05, 3.63) is 70.7 Å². The van der Waals surface area contributed by atoms with Gasteiger partial charge in [-0.15, -0.1) is 0 Å². The Balaban J connectivity index is 1.76. The minimum Gasteiger partial charge on any atom is -0.465 e. The summed E-state index contributed by atoms with van der Waals surface area (Å²) in [7, 11) is 0. The van der Waals surface area contributed by atoms with Gasteiger partial charge in [0.05, 0.1) is 17.2 Å². The Morgan fingerprint density at radius 1 is 1.30 bits per heavy atom. The number of H-pyrrole nitrogens is 1. The number of hydrogen-bond donors (Lipinski definition) is 1. The third-order valence-electron chi connectivity index (χ3n) is 3.24. The molecule has 0 bridgehead atoms. The van der Waals surface area contributed by atoms with Gasteiger partial charge < -0.3 is 14.1 Å². The number of benzene rings is 1. The Labute approximate surface area is 131 Å². The number of nitrogens with zero attached hydrogens (tertiary/aromatic N) is 1. The highest BCUT2D eigenvalue weighted by Gasteiger charge is 2.14. The number of rotatable bonds is 4. The molecule has 0 aliphatic carbocycles. The third-order valence-corrected chi connectivity index (χ3v) is 3.24. The highest BCUT2D eigenvalue weighted by Crippen LogP contribution is 2.14. The summed E-state index contributed by atoms with van der Waals surface area (Å²) in [4.78, 5) is 30.8. The molecule has 1 aromatic carbocycles. The second-order valence-corrected chi connectivity index (χ2v) is 4.90. The van der Waals surface area contributed by atoms with Gasteiger partial charge in [-0.3, -0.25) is 4.79 Å². The fourth-order valence-electron chi connectivity index (χ4n) is 2.10. The van der Waals surface area contributed by atoms with E-state index in [2.05, 4.69) is 9.97 Å². The van der Waals surface area contributed by atoms with Crippen LogP contribution >= 0.6 is 0 Å². The number of ether oxygens (including phenoxy) is 1. The number of aromatic amines is 1. The van der Waals surface area contributed by atoms with Crippen LogP contribution in [0.1, 0.15) is 24.6 Å². The van der Waals surface area contributed by atoms with Crippen molar-refractivity contribution in [3.63, 3.8) is 0 Å². The first-order valence-electron chi connectivity index (χ1n) is 7.04. The lowest BCUT2D eigenvalue weighted by molar-refractivity contribution is -0.142. The zero-order valence-corrected chi connectivity index (χ0v) is 12.4. The lowest BCUT2D eigenvalue weighted by Crippen LogP contribution is -2.16. The van der Waals surface area contributed by atoms with Gasteiger partial charge in [0.1, 0.15) is 5.76 Å². The van der Waals surface area contributed by atoms with Crippen LogP contribution in [0.2, 0.25) is 0 Å². The number of hydrogen-bond acceptors (Lipinski definition) is 5. The average Bonchev–Trinajstić information content (AvgIpc) is 3.06. The normalized spacial score (nSPS) is 12.6. The molecule has 1 N–H and O–H groups in total. The van der Waals surface area contributed by atoms with E-state index in [0.29, 0.717) is 22.5 Å². The minimum atomic E-state index is -0.680. The smallest absolute Gasteiger partial charge is 0.331 e. The molecule has 0 spiro atoms. The van der Waals surface area contributed by atoms with E-state index in [1.54, 1.807) is 43.3 Å². The molecule has 0 saturated carbocycles. The van der Waals surface area contributed by atoms with Gasteiger partial charge in [-0.05, 0) is 37.3 Å². The van der Waals surface area contributed by atoms with E-state index in [1.165, 1.54) is 18.4 Å². The van der Waals surface area contributed by atoms with E-state index in [-0.39, 0.29) is 5.56 Å². The minimum absolute atomic E-state index is 0.264. The summed E-state index contributed by atoms with van der Waals surface area (Å²) in [5.74, 6) is 0.296. The molecule has 0 aliphatic heterocycles. The van der Waals surface area contributed by atoms with Crippen molar-refractivity contribution in [3.8, 4) is 0 Å². The fraction of sp³-hybridized carbons (Fsp3) is 0.118. The van der Waals surface area contributed by atoms with Crippen LogP contribution in [0.5, 0.6) is 0 Å². The standard InChI is InChI=1S/C17H14N2O4/c1-11(23-15(20)9-8-12-5-4-10-22-12)16-18-14-7-3-2-6-13(14)17(21)19-16/h2-11H,1H3,(H,18,19,21)/b9-8+/t11-/m1/s1. The van der Waals surface area contributed by atoms with Crippen molar-refractivity contribution >= 4 is 22.9 Å². The van der Waals surface area contributed by atoms with E-state index in [9.17, 15) is 9.59 Å². The van der Waals surface area contributed by atoms with Gasteiger partial charge in [-0.2, -0.15) is 0 Å². The monoisotopic (exact) mass is 310 g/mol. The maximum Gasteiger partial charge on any atom is 0.331 e. The molecule has 0 unspecified atom stereocenters. The molecule has 3 aromatic rings. The molecular formula is C17H14N2O4. The van der Waals surface area contributed by atoms with E-state index in [4.69, 9.17) is 9.15 Å². The van der Waals surface area contributed by atoms with Gasteiger partial charge in [0, 0.05) is 6.08 Å². The number of furan rings is 1. The molecular weight excluding hydrogens is 296 g/mol. The number of aromatic nitrogens is 2. The van der Waals surface area contributed by atoms with E-state index < -0.39 is 12.1 Å². The van der Waals surface area contributed by atoms with E-state index in [1.807, 2.05) is 0 Å². The maximum atomic E-state index is 12.0. The van der Waals surface area contributed by atoms with Crippen LogP contribution < -0.4 is 5.56 Å². The summed E-state index contributed by atoms with van der Waals surface area (Å²) >= 11 is 0.